The summed E-state index contributed by atoms with van der Waals surface area (Å²) in [5.74, 6) is -0.480. The molecule has 0 aliphatic carbocycles. The molecule has 2 aromatic rings. The minimum atomic E-state index is -0.264. The quantitative estimate of drug-likeness (QED) is 0.878. The number of aryl methyl sites for hydroxylation is 2. The highest BCUT2D eigenvalue weighted by Gasteiger charge is 2.17. The highest BCUT2D eigenvalue weighted by atomic mass is 19.1. The van der Waals surface area contributed by atoms with Gasteiger partial charge in [0.25, 0.3) is 0 Å². The second-order valence-corrected chi connectivity index (χ2v) is 5.02. The Hall–Kier alpha value is -1.74. The lowest BCUT2D eigenvalue weighted by molar-refractivity contribution is 0.556. The average Bonchev–Trinajstić information content (AvgIpc) is 2.40. The Labute approximate surface area is 118 Å². The molecule has 0 heterocycles. The van der Waals surface area contributed by atoms with Crippen molar-refractivity contribution in [3.8, 4) is 0 Å². The summed E-state index contributed by atoms with van der Waals surface area (Å²) >= 11 is 0. The monoisotopic (exact) mass is 275 g/mol. The van der Waals surface area contributed by atoms with Gasteiger partial charge in [-0.1, -0.05) is 31.2 Å². The highest BCUT2D eigenvalue weighted by molar-refractivity contribution is 5.36. The Morgan fingerprint density at radius 2 is 1.75 bits per heavy atom. The van der Waals surface area contributed by atoms with E-state index in [2.05, 4.69) is 5.32 Å². The Balaban J connectivity index is 2.47. The number of hydrogen-bond donors (Lipinski definition) is 1. The van der Waals surface area contributed by atoms with Crippen LogP contribution < -0.4 is 5.32 Å². The van der Waals surface area contributed by atoms with Crippen LogP contribution in [0.5, 0.6) is 0 Å². The van der Waals surface area contributed by atoms with Crippen molar-refractivity contribution < 1.29 is 8.78 Å². The van der Waals surface area contributed by atoms with Crippen LogP contribution in [-0.2, 0) is 0 Å². The molecule has 1 atom stereocenters. The van der Waals surface area contributed by atoms with E-state index < -0.39 is 0 Å². The molecule has 0 saturated heterocycles. The summed E-state index contributed by atoms with van der Waals surface area (Å²) < 4.78 is 27.6. The fraction of sp³-hybridized carbons (Fsp3) is 0.294. The Bertz CT molecular complexity index is 608. The van der Waals surface area contributed by atoms with E-state index in [1.54, 1.807) is 25.1 Å². The van der Waals surface area contributed by atoms with Crippen LogP contribution in [0.2, 0.25) is 0 Å². The van der Waals surface area contributed by atoms with E-state index in [-0.39, 0.29) is 17.7 Å². The smallest absolute Gasteiger partial charge is 0.128 e. The Morgan fingerprint density at radius 3 is 2.35 bits per heavy atom. The lowest BCUT2D eigenvalue weighted by atomic mass is 9.96. The van der Waals surface area contributed by atoms with Gasteiger partial charge in [0.2, 0.25) is 0 Å². The normalized spacial score (nSPS) is 12.4. The van der Waals surface area contributed by atoms with Crippen molar-refractivity contribution in [2.45, 2.75) is 26.8 Å². The van der Waals surface area contributed by atoms with Crippen molar-refractivity contribution in [1.29, 1.82) is 0 Å². The molecule has 1 N–H and O–H groups in total. The molecule has 0 aliphatic heterocycles. The molecule has 3 heteroatoms. The maximum Gasteiger partial charge on any atom is 0.128 e. The molecule has 0 fully saturated rings. The molecule has 0 aliphatic rings. The van der Waals surface area contributed by atoms with Crippen molar-refractivity contribution in [2.75, 3.05) is 6.54 Å². The van der Waals surface area contributed by atoms with Gasteiger partial charge in [0, 0.05) is 5.56 Å². The van der Waals surface area contributed by atoms with Crippen LogP contribution >= 0.6 is 0 Å². The standard InChI is InChI=1S/C17H19F2N/c1-4-20-17(13-6-8-15(18)12(3)10-13)14-7-5-11(2)9-16(14)19/h5-10,17,20H,4H2,1-3H3. The van der Waals surface area contributed by atoms with Crippen LogP contribution in [0.15, 0.2) is 36.4 Å². The molecule has 1 unspecified atom stereocenters. The van der Waals surface area contributed by atoms with Crippen molar-refractivity contribution in [3.05, 3.63) is 70.3 Å². The van der Waals surface area contributed by atoms with Crippen LogP contribution in [0, 0.1) is 25.5 Å². The molecule has 0 saturated carbocycles. The average molecular weight is 275 g/mol. The SMILES string of the molecule is CCNC(c1ccc(F)c(C)c1)c1ccc(C)cc1F. The first-order valence-electron chi connectivity index (χ1n) is 6.78. The van der Waals surface area contributed by atoms with E-state index in [1.807, 2.05) is 19.9 Å². The van der Waals surface area contributed by atoms with Gasteiger partial charge in [-0.2, -0.15) is 0 Å². The molecular formula is C17H19F2N. The predicted molar refractivity (Wildman–Crippen MR) is 77.8 cm³/mol. The molecule has 0 aromatic heterocycles. The second-order valence-electron chi connectivity index (χ2n) is 5.02. The van der Waals surface area contributed by atoms with Crippen molar-refractivity contribution in [2.24, 2.45) is 0 Å². The molecule has 0 radical (unpaired) electrons. The molecular weight excluding hydrogens is 256 g/mol. The van der Waals surface area contributed by atoms with Crippen LogP contribution in [-0.4, -0.2) is 6.54 Å². The van der Waals surface area contributed by atoms with E-state index in [4.69, 9.17) is 0 Å². The summed E-state index contributed by atoms with van der Waals surface area (Å²) in [6.07, 6.45) is 0. The first-order valence-corrected chi connectivity index (χ1v) is 6.78. The van der Waals surface area contributed by atoms with Gasteiger partial charge < -0.3 is 5.32 Å². The Kier molecular flexibility index (Phi) is 4.50. The van der Waals surface area contributed by atoms with Gasteiger partial charge >= 0.3 is 0 Å². The van der Waals surface area contributed by atoms with Crippen LogP contribution in [0.3, 0.4) is 0 Å². The van der Waals surface area contributed by atoms with Gasteiger partial charge in [0.1, 0.15) is 11.6 Å². The Morgan fingerprint density at radius 1 is 1.00 bits per heavy atom. The zero-order valence-corrected chi connectivity index (χ0v) is 12.0. The zero-order chi connectivity index (χ0) is 14.7. The van der Waals surface area contributed by atoms with Crippen LogP contribution in [0.1, 0.15) is 35.2 Å². The summed E-state index contributed by atoms with van der Waals surface area (Å²) in [5.41, 5.74) is 2.91. The van der Waals surface area contributed by atoms with Gasteiger partial charge in [-0.3, -0.25) is 0 Å². The van der Waals surface area contributed by atoms with Gasteiger partial charge in [-0.15, -0.1) is 0 Å². The molecule has 106 valence electrons. The fourth-order valence-electron chi connectivity index (χ4n) is 2.33. The van der Waals surface area contributed by atoms with Gasteiger partial charge in [0.05, 0.1) is 6.04 Å². The number of rotatable bonds is 4. The molecule has 2 aromatic carbocycles. The second kappa shape index (κ2) is 6.14. The maximum absolute atomic E-state index is 14.2. The van der Waals surface area contributed by atoms with E-state index in [0.717, 1.165) is 11.1 Å². The summed E-state index contributed by atoms with van der Waals surface area (Å²) in [6, 6.07) is 9.84. The first-order chi connectivity index (χ1) is 9.52. The van der Waals surface area contributed by atoms with Crippen LogP contribution in [0.25, 0.3) is 0 Å². The minimum Gasteiger partial charge on any atom is -0.306 e. The third kappa shape index (κ3) is 3.05. The topological polar surface area (TPSA) is 12.0 Å². The molecule has 0 spiro atoms. The third-order valence-electron chi connectivity index (χ3n) is 3.39. The molecule has 0 amide bonds. The zero-order valence-electron chi connectivity index (χ0n) is 12.0. The fourth-order valence-corrected chi connectivity index (χ4v) is 2.33. The largest absolute Gasteiger partial charge is 0.306 e. The van der Waals surface area contributed by atoms with Gasteiger partial charge in [0.15, 0.2) is 0 Å². The number of benzene rings is 2. The minimum absolute atomic E-state index is 0.238. The van der Waals surface area contributed by atoms with Gasteiger partial charge in [-0.25, -0.2) is 8.78 Å². The first kappa shape index (κ1) is 14.7. The maximum atomic E-state index is 14.2. The van der Waals surface area contributed by atoms with Crippen LogP contribution in [0.4, 0.5) is 8.78 Å². The molecule has 20 heavy (non-hydrogen) atoms. The molecule has 2 rings (SSSR count). The number of halogens is 2. The summed E-state index contributed by atoms with van der Waals surface area (Å²) in [7, 11) is 0. The highest BCUT2D eigenvalue weighted by Crippen LogP contribution is 2.26. The van der Waals surface area contributed by atoms with Crippen molar-refractivity contribution in [1.82, 2.24) is 5.32 Å². The van der Waals surface area contributed by atoms with Crippen molar-refractivity contribution >= 4 is 0 Å². The van der Waals surface area contributed by atoms with Crippen molar-refractivity contribution in [3.63, 3.8) is 0 Å². The predicted octanol–water partition coefficient (Wildman–Crippen LogP) is 4.28. The lowest BCUT2D eigenvalue weighted by Crippen LogP contribution is -2.23. The van der Waals surface area contributed by atoms with Gasteiger partial charge in [-0.05, 0) is 49.2 Å². The van der Waals surface area contributed by atoms with E-state index in [1.165, 1.54) is 12.1 Å². The number of nitrogens with one attached hydrogen (secondary N) is 1. The van der Waals surface area contributed by atoms with E-state index in [9.17, 15) is 8.78 Å². The van der Waals surface area contributed by atoms with E-state index in [0.29, 0.717) is 17.7 Å². The summed E-state index contributed by atoms with van der Waals surface area (Å²) in [5, 5.41) is 3.26. The summed E-state index contributed by atoms with van der Waals surface area (Å²) in [4.78, 5) is 0. The number of hydrogen-bond acceptors (Lipinski definition) is 1. The van der Waals surface area contributed by atoms with E-state index >= 15 is 0 Å². The summed E-state index contributed by atoms with van der Waals surface area (Å²) in [6.45, 7) is 6.24. The lowest BCUT2D eigenvalue weighted by Gasteiger charge is -2.20. The molecule has 0 bridgehead atoms. The third-order valence-corrected chi connectivity index (χ3v) is 3.39. The molecule has 1 nitrogen and oxygen atoms in total.